The van der Waals surface area contributed by atoms with Gasteiger partial charge in [0.25, 0.3) is 0 Å². The van der Waals surface area contributed by atoms with Crippen molar-refractivity contribution in [3.05, 3.63) is 0 Å². The van der Waals surface area contributed by atoms with Crippen molar-refractivity contribution >= 4 is 40.0 Å². The van der Waals surface area contributed by atoms with Crippen molar-refractivity contribution in [2.45, 2.75) is 46.1 Å². The zero-order valence-electron chi connectivity index (χ0n) is 16.1. The maximum atomic E-state index is 11.9. The normalized spacial score (nSPS) is 17.4. The lowest BCUT2D eigenvalue weighted by molar-refractivity contribution is 0.291. The van der Waals surface area contributed by atoms with Crippen LogP contribution in [0.25, 0.3) is 0 Å². The van der Waals surface area contributed by atoms with E-state index in [9.17, 15) is 8.42 Å². The number of nitrogens with zero attached hydrogens (tertiary/aromatic N) is 3. The molecule has 0 aromatic heterocycles. The van der Waals surface area contributed by atoms with Crippen molar-refractivity contribution < 1.29 is 8.42 Å². The molecule has 1 aliphatic heterocycles. The quantitative estimate of drug-likeness (QED) is 0.290. The monoisotopic (exact) mass is 489 g/mol. The molecule has 0 aliphatic carbocycles. The molecule has 0 radical (unpaired) electrons. The largest absolute Gasteiger partial charge is 0.355 e. The first kappa shape index (κ1) is 24.9. The Balaban J connectivity index is 0.00000576. The minimum atomic E-state index is -3.06. The van der Waals surface area contributed by atoms with E-state index >= 15 is 0 Å². The summed E-state index contributed by atoms with van der Waals surface area (Å²) in [5.41, 5.74) is 0. The number of guanidine groups is 1. The predicted octanol–water partition coefficient (Wildman–Crippen LogP) is 1.32. The van der Waals surface area contributed by atoms with Crippen molar-refractivity contribution in [3.63, 3.8) is 0 Å². The third kappa shape index (κ3) is 8.87. The van der Waals surface area contributed by atoms with Crippen molar-refractivity contribution in [1.82, 2.24) is 19.8 Å². The Kier molecular flexibility index (Phi) is 13.0. The molecule has 0 atom stereocenters. The maximum absolute atomic E-state index is 11.9. The molecular weight excluding hydrogens is 453 g/mol. The first-order chi connectivity index (χ1) is 11.5. The van der Waals surface area contributed by atoms with Gasteiger partial charge in [-0.25, -0.2) is 12.7 Å². The van der Waals surface area contributed by atoms with Crippen LogP contribution in [0.15, 0.2) is 4.99 Å². The zero-order chi connectivity index (χ0) is 18.0. The Morgan fingerprint density at radius 3 is 2.32 bits per heavy atom. The van der Waals surface area contributed by atoms with Crippen molar-refractivity contribution in [1.29, 1.82) is 0 Å². The lowest BCUT2D eigenvalue weighted by Crippen LogP contribution is -2.50. The summed E-state index contributed by atoms with van der Waals surface area (Å²) < 4.78 is 25.4. The Bertz CT molecular complexity index is 479. The van der Waals surface area contributed by atoms with E-state index in [1.165, 1.54) is 6.42 Å². The van der Waals surface area contributed by atoms with Gasteiger partial charge in [0.05, 0.1) is 5.75 Å². The van der Waals surface area contributed by atoms with Gasteiger partial charge in [-0.15, -0.1) is 24.0 Å². The summed E-state index contributed by atoms with van der Waals surface area (Å²) in [4.78, 5) is 6.69. The molecule has 0 amide bonds. The topological polar surface area (TPSA) is 77.0 Å². The molecule has 0 unspecified atom stereocenters. The summed E-state index contributed by atoms with van der Waals surface area (Å²) in [7, 11) is -1.28. The van der Waals surface area contributed by atoms with Gasteiger partial charge in [-0.3, -0.25) is 4.99 Å². The summed E-state index contributed by atoms with van der Waals surface area (Å²) in [6.45, 7) is 11.3. The Morgan fingerprint density at radius 1 is 1.20 bits per heavy atom. The van der Waals surface area contributed by atoms with Gasteiger partial charge in [-0.05, 0) is 39.3 Å². The summed E-state index contributed by atoms with van der Waals surface area (Å²) in [5, 5.41) is 6.78. The average molecular weight is 489 g/mol. The van der Waals surface area contributed by atoms with E-state index in [0.29, 0.717) is 13.1 Å². The Labute approximate surface area is 171 Å². The fraction of sp³-hybridized carbons (Fsp3) is 0.938. The number of sulfonamides is 1. The van der Waals surface area contributed by atoms with Crippen LogP contribution in [0.5, 0.6) is 0 Å². The number of nitrogens with one attached hydrogen (secondary N) is 2. The van der Waals surface area contributed by atoms with Crippen LogP contribution in [0.4, 0.5) is 0 Å². The average Bonchev–Trinajstić information content (AvgIpc) is 2.60. The van der Waals surface area contributed by atoms with E-state index in [-0.39, 0.29) is 35.8 Å². The minimum Gasteiger partial charge on any atom is -0.355 e. The number of hydrogen-bond donors (Lipinski definition) is 2. The van der Waals surface area contributed by atoms with Crippen LogP contribution in [0, 0.1) is 0 Å². The second-order valence-corrected chi connectivity index (χ2v) is 8.41. The van der Waals surface area contributed by atoms with Gasteiger partial charge in [0, 0.05) is 39.3 Å². The number of hydrogen-bond acceptors (Lipinski definition) is 4. The summed E-state index contributed by atoms with van der Waals surface area (Å²) in [5.74, 6) is 0.986. The molecule has 150 valence electrons. The van der Waals surface area contributed by atoms with Crippen LogP contribution in [0.1, 0.15) is 40.0 Å². The molecule has 1 heterocycles. The highest BCUT2D eigenvalue weighted by atomic mass is 127. The van der Waals surface area contributed by atoms with Crippen molar-refractivity contribution in [2.24, 2.45) is 4.99 Å². The van der Waals surface area contributed by atoms with Gasteiger partial charge in [0.1, 0.15) is 0 Å². The summed E-state index contributed by atoms with van der Waals surface area (Å²) in [6.07, 6.45) is 2.80. The molecule has 25 heavy (non-hydrogen) atoms. The highest BCUT2D eigenvalue weighted by Gasteiger charge is 2.26. The first-order valence-corrected chi connectivity index (χ1v) is 10.7. The van der Waals surface area contributed by atoms with E-state index in [1.54, 1.807) is 18.3 Å². The second kappa shape index (κ2) is 13.1. The third-order valence-corrected chi connectivity index (χ3v) is 6.37. The lowest BCUT2D eigenvalue weighted by atomic mass is 10.1. The van der Waals surface area contributed by atoms with Crippen molar-refractivity contribution in [2.75, 3.05) is 52.1 Å². The molecule has 0 aromatic carbocycles. The molecule has 1 aliphatic rings. The molecule has 9 heteroatoms. The maximum Gasteiger partial charge on any atom is 0.213 e. The summed E-state index contributed by atoms with van der Waals surface area (Å²) >= 11 is 0. The first-order valence-electron chi connectivity index (χ1n) is 9.14. The number of rotatable bonds is 9. The molecule has 0 saturated carbocycles. The third-order valence-electron chi connectivity index (χ3n) is 4.48. The standard InChI is InChI=1S/C16H35N5O2S.HI/c1-5-11-20(6-2)14-10-18-16(17-4)19-15-8-12-21(13-9-15)24(22,23)7-3;/h15H,5-14H2,1-4H3,(H2,17,18,19);1H. The molecule has 1 saturated heterocycles. The SMILES string of the molecule is CCCN(CC)CCNC(=NC)NC1CCN(S(=O)(=O)CC)CC1.I. The molecule has 0 bridgehead atoms. The molecule has 1 rings (SSSR count). The number of piperidine rings is 1. The minimum absolute atomic E-state index is 0. The van der Waals surface area contributed by atoms with Crippen LogP contribution in [-0.2, 0) is 10.0 Å². The van der Waals surface area contributed by atoms with Gasteiger partial charge >= 0.3 is 0 Å². The molecule has 2 N–H and O–H groups in total. The van der Waals surface area contributed by atoms with Crippen LogP contribution >= 0.6 is 24.0 Å². The fourth-order valence-corrected chi connectivity index (χ4v) is 4.06. The molecule has 0 aromatic rings. The van der Waals surface area contributed by atoms with Crippen LogP contribution in [0.3, 0.4) is 0 Å². The zero-order valence-corrected chi connectivity index (χ0v) is 19.3. The second-order valence-electron chi connectivity index (χ2n) is 6.15. The van der Waals surface area contributed by atoms with Gasteiger partial charge in [-0.1, -0.05) is 13.8 Å². The van der Waals surface area contributed by atoms with Gasteiger partial charge < -0.3 is 15.5 Å². The number of likely N-dealkylation sites (N-methyl/N-ethyl adjacent to an activating group) is 1. The van der Waals surface area contributed by atoms with Crippen LogP contribution < -0.4 is 10.6 Å². The molecule has 1 fully saturated rings. The Morgan fingerprint density at radius 2 is 1.84 bits per heavy atom. The number of halogens is 1. The van der Waals surface area contributed by atoms with E-state index in [2.05, 4.69) is 34.4 Å². The van der Waals surface area contributed by atoms with E-state index in [1.807, 2.05) is 0 Å². The molecular formula is C16H36IN5O2S. The van der Waals surface area contributed by atoms with E-state index in [0.717, 1.165) is 45.0 Å². The highest BCUT2D eigenvalue weighted by Crippen LogP contribution is 2.14. The Hall–Kier alpha value is -0.130. The summed E-state index contributed by atoms with van der Waals surface area (Å²) in [6, 6.07) is 0.275. The molecule has 7 nitrogen and oxygen atoms in total. The van der Waals surface area contributed by atoms with Crippen molar-refractivity contribution in [3.8, 4) is 0 Å². The number of aliphatic imine (C=N–C) groups is 1. The smallest absolute Gasteiger partial charge is 0.213 e. The van der Waals surface area contributed by atoms with Gasteiger partial charge in [0.15, 0.2) is 5.96 Å². The van der Waals surface area contributed by atoms with Gasteiger partial charge in [-0.2, -0.15) is 0 Å². The fourth-order valence-electron chi connectivity index (χ4n) is 2.93. The lowest BCUT2D eigenvalue weighted by Gasteiger charge is -2.32. The molecule has 0 spiro atoms. The van der Waals surface area contributed by atoms with Crippen LogP contribution in [-0.4, -0.2) is 81.7 Å². The van der Waals surface area contributed by atoms with Crippen LogP contribution in [0.2, 0.25) is 0 Å². The van der Waals surface area contributed by atoms with E-state index < -0.39 is 10.0 Å². The predicted molar refractivity (Wildman–Crippen MR) is 116 cm³/mol. The highest BCUT2D eigenvalue weighted by molar-refractivity contribution is 14.0. The van der Waals surface area contributed by atoms with Gasteiger partial charge in [0.2, 0.25) is 10.0 Å². The van der Waals surface area contributed by atoms with E-state index in [4.69, 9.17) is 0 Å².